The number of nitrogens with one attached hydrogen (secondary N) is 1. The summed E-state index contributed by atoms with van der Waals surface area (Å²) in [6.07, 6.45) is 3.17. The van der Waals surface area contributed by atoms with Gasteiger partial charge in [0.05, 0.1) is 6.61 Å². The van der Waals surface area contributed by atoms with Gasteiger partial charge in [0.25, 0.3) is 5.91 Å². The second-order valence-electron chi connectivity index (χ2n) is 7.43. The van der Waals surface area contributed by atoms with Gasteiger partial charge in [0, 0.05) is 30.3 Å². The van der Waals surface area contributed by atoms with E-state index >= 15 is 0 Å². The third-order valence-corrected chi connectivity index (χ3v) is 5.42. The molecule has 2 aromatic rings. The number of nitrogen functional groups attached to an aromatic ring is 1. The molecule has 0 aliphatic heterocycles. The molecule has 0 heterocycles. The molecule has 152 valence electrons. The molecule has 1 amide bonds. The molecule has 29 heavy (non-hydrogen) atoms. The monoisotopic (exact) mass is 393 g/mol. The molecule has 3 rings (SSSR count). The van der Waals surface area contributed by atoms with Crippen molar-refractivity contribution in [2.75, 3.05) is 18.6 Å². The summed E-state index contributed by atoms with van der Waals surface area (Å²) in [4.78, 5) is 26.3. The first-order valence-electron chi connectivity index (χ1n) is 9.89. The van der Waals surface area contributed by atoms with Gasteiger partial charge in [-0.1, -0.05) is 18.2 Å². The van der Waals surface area contributed by atoms with Gasteiger partial charge in [-0.25, -0.2) is 0 Å². The molecule has 0 bridgehead atoms. The quantitative estimate of drug-likeness (QED) is 0.447. The Morgan fingerprint density at radius 3 is 2.48 bits per heavy atom. The summed E-state index contributed by atoms with van der Waals surface area (Å²) in [6.45, 7) is 2.23. The first kappa shape index (κ1) is 20.6. The lowest BCUT2D eigenvalue weighted by atomic mass is 9.82. The number of hydrogen-bond acceptors (Lipinski definition) is 4. The SMILES string of the molecule is CCOC(=O)CC1CCc2ccc(N(C)C(=O)c3ccc(C(=N)N)cc3)cc2C1. The zero-order valence-electron chi connectivity index (χ0n) is 16.9. The number of nitrogens with zero attached hydrogens (tertiary/aromatic N) is 1. The van der Waals surface area contributed by atoms with E-state index in [1.165, 1.54) is 11.1 Å². The number of rotatable bonds is 6. The number of carbonyl (C=O) groups is 2. The van der Waals surface area contributed by atoms with Crippen LogP contribution in [0.4, 0.5) is 5.69 Å². The molecule has 0 saturated carbocycles. The minimum Gasteiger partial charge on any atom is -0.466 e. The summed E-state index contributed by atoms with van der Waals surface area (Å²) in [5, 5.41) is 7.46. The number of ether oxygens (including phenoxy) is 1. The number of anilines is 1. The molecule has 0 saturated heterocycles. The van der Waals surface area contributed by atoms with Crippen molar-refractivity contribution in [3.05, 3.63) is 64.7 Å². The summed E-state index contributed by atoms with van der Waals surface area (Å²) in [6, 6.07) is 12.8. The van der Waals surface area contributed by atoms with Crippen molar-refractivity contribution in [2.24, 2.45) is 11.7 Å². The highest BCUT2D eigenvalue weighted by Crippen LogP contribution is 2.31. The third kappa shape index (κ3) is 4.83. The molecule has 1 aliphatic rings. The van der Waals surface area contributed by atoms with Gasteiger partial charge in [-0.15, -0.1) is 0 Å². The van der Waals surface area contributed by atoms with Crippen LogP contribution in [0.15, 0.2) is 42.5 Å². The predicted octanol–water partition coefficient (Wildman–Crippen LogP) is 3.31. The molecular formula is C23H27N3O3. The lowest BCUT2D eigenvalue weighted by molar-refractivity contribution is -0.144. The lowest BCUT2D eigenvalue weighted by Crippen LogP contribution is -2.27. The van der Waals surface area contributed by atoms with Gasteiger partial charge in [-0.3, -0.25) is 15.0 Å². The van der Waals surface area contributed by atoms with Gasteiger partial charge in [0.15, 0.2) is 0 Å². The van der Waals surface area contributed by atoms with Gasteiger partial charge in [-0.2, -0.15) is 0 Å². The highest BCUT2D eigenvalue weighted by atomic mass is 16.5. The molecule has 1 atom stereocenters. The molecule has 6 nitrogen and oxygen atoms in total. The zero-order chi connectivity index (χ0) is 21.0. The number of aryl methyl sites for hydroxylation is 1. The Morgan fingerprint density at radius 1 is 1.14 bits per heavy atom. The summed E-state index contributed by atoms with van der Waals surface area (Å²) in [7, 11) is 1.75. The minimum atomic E-state index is -0.140. The van der Waals surface area contributed by atoms with Crippen molar-refractivity contribution in [3.8, 4) is 0 Å². The molecule has 0 radical (unpaired) electrons. The van der Waals surface area contributed by atoms with Crippen LogP contribution < -0.4 is 10.6 Å². The summed E-state index contributed by atoms with van der Waals surface area (Å²) in [5.74, 6) is -0.0151. The number of amides is 1. The van der Waals surface area contributed by atoms with Crippen molar-refractivity contribution >= 4 is 23.4 Å². The highest BCUT2D eigenvalue weighted by Gasteiger charge is 2.23. The molecule has 3 N–H and O–H groups in total. The Kier molecular flexibility index (Phi) is 6.32. The summed E-state index contributed by atoms with van der Waals surface area (Å²) in [5.41, 5.74) is 9.89. The van der Waals surface area contributed by atoms with E-state index < -0.39 is 0 Å². The second-order valence-corrected chi connectivity index (χ2v) is 7.43. The van der Waals surface area contributed by atoms with Crippen molar-refractivity contribution < 1.29 is 14.3 Å². The molecule has 1 unspecified atom stereocenters. The highest BCUT2D eigenvalue weighted by molar-refractivity contribution is 6.06. The van der Waals surface area contributed by atoms with Crippen LogP contribution in [-0.4, -0.2) is 31.4 Å². The smallest absolute Gasteiger partial charge is 0.306 e. The Hall–Kier alpha value is -3.15. The molecular weight excluding hydrogens is 366 g/mol. The van der Waals surface area contributed by atoms with Crippen LogP contribution in [0.5, 0.6) is 0 Å². The Balaban J connectivity index is 1.74. The molecule has 6 heteroatoms. The topological polar surface area (TPSA) is 96.5 Å². The largest absolute Gasteiger partial charge is 0.466 e. The fourth-order valence-electron chi connectivity index (χ4n) is 3.76. The van der Waals surface area contributed by atoms with E-state index in [2.05, 4.69) is 12.1 Å². The van der Waals surface area contributed by atoms with Gasteiger partial charge in [-0.05, 0) is 67.5 Å². The summed E-state index contributed by atoms with van der Waals surface area (Å²) >= 11 is 0. The molecule has 1 aliphatic carbocycles. The van der Waals surface area contributed by atoms with Crippen molar-refractivity contribution in [2.45, 2.75) is 32.6 Å². The van der Waals surface area contributed by atoms with Crippen LogP contribution in [0, 0.1) is 11.3 Å². The summed E-state index contributed by atoms with van der Waals surface area (Å²) < 4.78 is 5.09. The lowest BCUT2D eigenvalue weighted by Gasteiger charge is -2.26. The minimum absolute atomic E-state index is 0.0237. The number of benzene rings is 2. The molecule has 0 aromatic heterocycles. The normalized spacial score (nSPS) is 15.3. The third-order valence-electron chi connectivity index (χ3n) is 5.42. The van der Waals surface area contributed by atoms with Crippen LogP contribution in [-0.2, 0) is 22.4 Å². The van der Waals surface area contributed by atoms with E-state index in [1.54, 1.807) is 36.2 Å². The standard InChI is InChI=1S/C23H27N3O3/c1-3-29-21(27)13-15-4-5-16-10-11-20(14-19(16)12-15)26(2)23(28)18-8-6-17(7-9-18)22(24)25/h6-11,14-15H,3-5,12-13H2,1-2H3,(H3,24,25). The van der Waals surface area contributed by atoms with Gasteiger partial charge < -0.3 is 15.4 Å². The van der Waals surface area contributed by atoms with Gasteiger partial charge >= 0.3 is 5.97 Å². The van der Waals surface area contributed by atoms with E-state index in [0.717, 1.165) is 24.9 Å². The van der Waals surface area contributed by atoms with E-state index in [1.807, 2.05) is 13.0 Å². The average Bonchev–Trinajstić information content (AvgIpc) is 2.72. The first-order chi connectivity index (χ1) is 13.9. The van der Waals surface area contributed by atoms with Crippen LogP contribution in [0.25, 0.3) is 0 Å². The maximum atomic E-state index is 12.9. The van der Waals surface area contributed by atoms with E-state index in [4.69, 9.17) is 15.9 Å². The Bertz CT molecular complexity index is 921. The molecule has 0 spiro atoms. The number of carbonyl (C=O) groups excluding carboxylic acids is 2. The maximum Gasteiger partial charge on any atom is 0.306 e. The van der Waals surface area contributed by atoms with Crippen LogP contribution in [0.1, 0.15) is 46.8 Å². The van der Waals surface area contributed by atoms with Crippen molar-refractivity contribution in [3.63, 3.8) is 0 Å². The Morgan fingerprint density at radius 2 is 1.83 bits per heavy atom. The number of hydrogen-bond donors (Lipinski definition) is 2. The fourth-order valence-corrected chi connectivity index (χ4v) is 3.76. The first-order valence-corrected chi connectivity index (χ1v) is 9.89. The van der Waals surface area contributed by atoms with E-state index in [9.17, 15) is 9.59 Å². The number of fused-ring (bicyclic) bond motifs is 1. The van der Waals surface area contributed by atoms with Crippen molar-refractivity contribution in [1.29, 1.82) is 5.41 Å². The van der Waals surface area contributed by atoms with E-state index in [-0.39, 0.29) is 23.6 Å². The number of amidine groups is 1. The van der Waals surface area contributed by atoms with E-state index in [0.29, 0.717) is 24.2 Å². The average molecular weight is 393 g/mol. The van der Waals surface area contributed by atoms with Gasteiger partial charge in [0.1, 0.15) is 5.84 Å². The van der Waals surface area contributed by atoms with Crippen LogP contribution in [0.2, 0.25) is 0 Å². The van der Waals surface area contributed by atoms with Crippen LogP contribution in [0.3, 0.4) is 0 Å². The van der Waals surface area contributed by atoms with Gasteiger partial charge in [0.2, 0.25) is 0 Å². The molecule has 0 fully saturated rings. The van der Waals surface area contributed by atoms with Crippen molar-refractivity contribution in [1.82, 2.24) is 0 Å². The van der Waals surface area contributed by atoms with Crippen LogP contribution >= 0.6 is 0 Å². The zero-order valence-corrected chi connectivity index (χ0v) is 16.9. The second kappa shape index (κ2) is 8.90. The number of nitrogens with two attached hydrogens (primary N) is 1. The fraction of sp³-hybridized carbons (Fsp3) is 0.348. The maximum absolute atomic E-state index is 12.9. The Labute approximate surface area is 171 Å². The molecule has 2 aromatic carbocycles. The number of esters is 1. The predicted molar refractivity (Wildman–Crippen MR) is 113 cm³/mol.